The second-order valence-corrected chi connectivity index (χ2v) is 5.32. The van der Waals surface area contributed by atoms with Crippen LogP contribution in [0.4, 0.5) is 0 Å². The minimum atomic E-state index is -0.341. The summed E-state index contributed by atoms with van der Waals surface area (Å²) in [6.07, 6.45) is 4.54. The SMILES string of the molecule is CC(C)C[C@@H](N)C(=O)NC(C)CC1CC1. The molecule has 0 spiro atoms. The van der Waals surface area contributed by atoms with E-state index in [0.717, 1.165) is 18.8 Å². The summed E-state index contributed by atoms with van der Waals surface area (Å²) in [6.45, 7) is 6.24. The van der Waals surface area contributed by atoms with Crippen molar-refractivity contribution in [2.45, 2.75) is 58.5 Å². The highest BCUT2D eigenvalue weighted by atomic mass is 16.2. The second-order valence-electron chi connectivity index (χ2n) is 5.32. The molecule has 0 heterocycles. The van der Waals surface area contributed by atoms with Gasteiger partial charge < -0.3 is 11.1 Å². The first-order valence-electron chi connectivity index (χ1n) is 6.05. The quantitative estimate of drug-likeness (QED) is 0.703. The van der Waals surface area contributed by atoms with Gasteiger partial charge in [-0.3, -0.25) is 4.79 Å². The zero-order chi connectivity index (χ0) is 11.4. The minimum Gasteiger partial charge on any atom is -0.352 e. The van der Waals surface area contributed by atoms with Crippen LogP contribution in [-0.4, -0.2) is 18.0 Å². The van der Waals surface area contributed by atoms with Gasteiger partial charge in [0.1, 0.15) is 0 Å². The number of nitrogens with one attached hydrogen (secondary N) is 1. The number of rotatable bonds is 6. The molecule has 1 amide bonds. The Balaban J connectivity index is 2.20. The van der Waals surface area contributed by atoms with Crippen LogP contribution < -0.4 is 11.1 Å². The fraction of sp³-hybridized carbons (Fsp3) is 0.917. The number of hydrogen-bond acceptors (Lipinski definition) is 2. The number of hydrogen-bond donors (Lipinski definition) is 2. The van der Waals surface area contributed by atoms with E-state index in [4.69, 9.17) is 5.73 Å². The summed E-state index contributed by atoms with van der Waals surface area (Å²) in [5, 5.41) is 2.99. The van der Waals surface area contributed by atoms with E-state index in [1.54, 1.807) is 0 Å². The van der Waals surface area contributed by atoms with Gasteiger partial charge in [-0.2, -0.15) is 0 Å². The van der Waals surface area contributed by atoms with Crippen molar-refractivity contribution in [3.63, 3.8) is 0 Å². The summed E-state index contributed by atoms with van der Waals surface area (Å²) in [6, 6.07) is -0.0603. The molecular weight excluding hydrogens is 188 g/mol. The highest BCUT2D eigenvalue weighted by molar-refractivity contribution is 5.81. The van der Waals surface area contributed by atoms with E-state index >= 15 is 0 Å². The largest absolute Gasteiger partial charge is 0.352 e. The Hall–Kier alpha value is -0.570. The summed E-state index contributed by atoms with van der Waals surface area (Å²) in [7, 11) is 0. The molecule has 88 valence electrons. The van der Waals surface area contributed by atoms with Crippen LogP contribution in [0.3, 0.4) is 0 Å². The Morgan fingerprint density at radius 2 is 2.00 bits per heavy atom. The van der Waals surface area contributed by atoms with Crippen LogP contribution in [0.2, 0.25) is 0 Å². The maximum atomic E-state index is 11.7. The summed E-state index contributed by atoms with van der Waals surface area (Å²) < 4.78 is 0. The number of nitrogens with two attached hydrogens (primary N) is 1. The van der Waals surface area contributed by atoms with Crippen LogP contribution in [-0.2, 0) is 4.79 Å². The predicted molar refractivity (Wildman–Crippen MR) is 62.4 cm³/mol. The van der Waals surface area contributed by atoms with E-state index < -0.39 is 0 Å². The van der Waals surface area contributed by atoms with E-state index in [2.05, 4.69) is 26.1 Å². The topological polar surface area (TPSA) is 55.1 Å². The maximum Gasteiger partial charge on any atom is 0.237 e. The van der Waals surface area contributed by atoms with Gasteiger partial charge in [-0.05, 0) is 31.6 Å². The lowest BCUT2D eigenvalue weighted by Crippen LogP contribution is -2.45. The van der Waals surface area contributed by atoms with Gasteiger partial charge in [0.15, 0.2) is 0 Å². The zero-order valence-corrected chi connectivity index (χ0v) is 10.1. The minimum absolute atomic E-state index is 0.0110. The van der Waals surface area contributed by atoms with Gasteiger partial charge in [0, 0.05) is 6.04 Å². The molecule has 1 saturated carbocycles. The lowest BCUT2D eigenvalue weighted by Gasteiger charge is -2.18. The highest BCUT2D eigenvalue weighted by Gasteiger charge is 2.25. The lowest BCUT2D eigenvalue weighted by molar-refractivity contribution is -0.123. The van der Waals surface area contributed by atoms with Gasteiger partial charge in [-0.25, -0.2) is 0 Å². The summed E-state index contributed by atoms with van der Waals surface area (Å²) in [4.78, 5) is 11.7. The first-order chi connectivity index (χ1) is 6.99. The molecule has 0 radical (unpaired) electrons. The van der Waals surface area contributed by atoms with E-state index in [1.165, 1.54) is 12.8 Å². The van der Waals surface area contributed by atoms with E-state index in [9.17, 15) is 4.79 Å². The fourth-order valence-electron chi connectivity index (χ4n) is 1.88. The number of amides is 1. The molecule has 1 fully saturated rings. The third-order valence-corrected chi connectivity index (χ3v) is 2.83. The van der Waals surface area contributed by atoms with Crippen molar-refractivity contribution in [1.29, 1.82) is 0 Å². The van der Waals surface area contributed by atoms with E-state index in [-0.39, 0.29) is 18.0 Å². The lowest BCUT2D eigenvalue weighted by atomic mass is 10.0. The number of carbonyl (C=O) groups excluding carboxylic acids is 1. The Kier molecular flexibility index (Phi) is 4.58. The molecule has 0 saturated heterocycles. The van der Waals surface area contributed by atoms with E-state index in [1.807, 2.05) is 0 Å². The molecule has 0 aliphatic heterocycles. The Morgan fingerprint density at radius 3 is 2.47 bits per heavy atom. The van der Waals surface area contributed by atoms with Crippen molar-refractivity contribution in [2.75, 3.05) is 0 Å². The van der Waals surface area contributed by atoms with Crippen LogP contribution in [0.15, 0.2) is 0 Å². The molecule has 0 aromatic carbocycles. The van der Waals surface area contributed by atoms with Crippen LogP contribution in [0.1, 0.15) is 46.5 Å². The van der Waals surface area contributed by atoms with Gasteiger partial charge in [0.2, 0.25) is 5.91 Å². The third-order valence-electron chi connectivity index (χ3n) is 2.83. The summed E-state index contributed by atoms with van der Waals surface area (Å²) >= 11 is 0. The smallest absolute Gasteiger partial charge is 0.237 e. The van der Waals surface area contributed by atoms with Gasteiger partial charge >= 0.3 is 0 Å². The summed E-state index contributed by atoms with van der Waals surface area (Å²) in [5.74, 6) is 1.34. The molecule has 3 heteroatoms. The monoisotopic (exact) mass is 212 g/mol. The molecule has 15 heavy (non-hydrogen) atoms. The first kappa shape index (κ1) is 12.5. The first-order valence-corrected chi connectivity index (χ1v) is 6.05. The Bertz CT molecular complexity index is 212. The average molecular weight is 212 g/mol. The average Bonchev–Trinajstić information content (AvgIpc) is 2.86. The summed E-state index contributed by atoms with van der Waals surface area (Å²) in [5.41, 5.74) is 5.80. The van der Waals surface area contributed by atoms with Gasteiger partial charge in [0.25, 0.3) is 0 Å². The van der Waals surface area contributed by atoms with Crippen LogP contribution in [0, 0.1) is 11.8 Å². The highest BCUT2D eigenvalue weighted by Crippen LogP contribution is 2.33. The third kappa shape index (κ3) is 5.17. The molecular formula is C12H24N2O. The van der Waals surface area contributed by atoms with Crippen LogP contribution in [0.25, 0.3) is 0 Å². The van der Waals surface area contributed by atoms with Crippen molar-refractivity contribution >= 4 is 5.91 Å². The van der Waals surface area contributed by atoms with E-state index in [0.29, 0.717) is 5.92 Å². The number of carbonyl (C=O) groups is 1. The predicted octanol–water partition coefficient (Wildman–Crippen LogP) is 1.66. The molecule has 1 aliphatic carbocycles. The molecule has 2 atom stereocenters. The van der Waals surface area contributed by atoms with Gasteiger partial charge in [-0.1, -0.05) is 26.7 Å². The van der Waals surface area contributed by atoms with Crippen molar-refractivity contribution in [1.82, 2.24) is 5.32 Å². The Morgan fingerprint density at radius 1 is 1.40 bits per heavy atom. The van der Waals surface area contributed by atoms with Gasteiger partial charge in [-0.15, -0.1) is 0 Å². The Labute approximate surface area is 92.8 Å². The standard InChI is InChI=1S/C12H24N2O/c1-8(2)6-11(13)12(15)14-9(3)7-10-4-5-10/h8-11H,4-7,13H2,1-3H3,(H,14,15)/t9?,11-/m1/s1. The van der Waals surface area contributed by atoms with Crippen LogP contribution >= 0.6 is 0 Å². The van der Waals surface area contributed by atoms with Crippen molar-refractivity contribution in [3.8, 4) is 0 Å². The molecule has 1 unspecified atom stereocenters. The molecule has 1 rings (SSSR count). The fourth-order valence-corrected chi connectivity index (χ4v) is 1.88. The van der Waals surface area contributed by atoms with Crippen molar-refractivity contribution in [3.05, 3.63) is 0 Å². The van der Waals surface area contributed by atoms with Gasteiger partial charge in [0.05, 0.1) is 6.04 Å². The van der Waals surface area contributed by atoms with Crippen molar-refractivity contribution < 1.29 is 4.79 Å². The molecule has 0 bridgehead atoms. The molecule has 3 nitrogen and oxygen atoms in total. The molecule has 0 aromatic heterocycles. The maximum absolute atomic E-state index is 11.7. The van der Waals surface area contributed by atoms with Crippen LogP contribution in [0.5, 0.6) is 0 Å². The second kappa shape index (κ2) is 5.50. The molecule has 3 N–H and O–H groups in total. The van der Waals surface area contributed by atoms with Crippen molar-refractivity contribution in [2.24, 2.45) is 17.6 Å². The molecule has 1 aliphatic rings. The molecule has 0 aromatic rings. The zero-order valence-electron chi connectivity index (χ0n) is 10.1. The normalized spacial score (nSPS) is 20.1.